The first kappa shape index (κ1) is 15.9. The Morgan fingerprint density at radius 3 is 2.79 bits per heavy atom. The molecule has 4 rings (SSSR count). The second-order valence-electron chi connectivity index (χ2n) is 7.29. The Kier molecular flexibility index (Phi) is 3.98. The summed E-state index contributed by atoms with van der Waals surface area (Å²) in [6.07, 6.45) is 5.62. The lowest BCUT2D eigenvalue weighted by atomic mass is 10.1. The normalized spacial score (nSPS) is 22.2. The number of fused-ring (bicyclic) bond motifs is 1. The van der Waals surface area contributed by atoms with E-state index in [0.29, 0.717) is 24.3 Å². The summed E-state index contributed by atoms with van der Waals surface area (Å²) in [5.74, 6) is 0.763. The molecule has 1 aliphatic carbocycles. The average molecular weight is 347 g/mol. The largest absolute Gasteiger partial charge is 0.351 e. The zero-order valence-corrected chi connectivity index (χ0v) is 15.5. The van der Waals surface area contributed by atoms with Crippen molar-refractivity contribution in [2.75, 3.05) is 25.0 Å². The molecule has 2 aromatic heterocycles. The second-order valence-corrected chi connectivity index (χ2v) is 8.27. The molecular weight excluding hydrogens is 322 g/mol. The fourth-order valence-corrected chi connectivity index (χ4v) is 5.20. The van der Waals surface area contributed by atoms with Gasteiger partial charge in [0.2, 0.25) is 5.91 Å². The summed E-state index contributed by atoms with van der Waals surface area (Å²) < 4.78 is 3.01. The molecule has 2 aromatic rings. The predicted molar refractivity (Wildman–Crippen MR) is 96.5 cm³/mol. The molecule has 6 nitrogen and oxygen atoms in total. The van der Waals surface area contributed by atoms with Crippen molar-refractivity contribution in [3.8, 4) is 0 Å². The molecule has 3 heterocycles. The predicted octanol–water partition coefficient (Wildman–Crippen LogP) is 2.57. The van der Waals surface area contributed by atoms with Gasteiger partial charge in [-0.3, -0.25) is 4.79 Å². The van der Waals surface area contributed by atoms with Crippen molar-refractivity contribution in [2.24, 2.45) is 13.0 Å². The Hall–Kier alpha value is -1.63. The molecule has 130 valence electrons. The lowest BCUT2D eigenvalue weighted by Gasteiger charge is -2.25. The van der Waals surface area contributed by atoms with Gasteiger partial charge in [0, 0.05) is 45.6 Å². The first-order valence-electron chi connectivity index (χ1n) is 8.83. The van der Waals surface area contributed by atoms with E-state index in [1.807, 2.05) is 18.7 Å². The number of rotatable bonds is 4. The minimum absolute atomic E-state index is 0.352. The maximum atomic E-state index is 12.4. The highest BCUT2D eigenvalue weighted by molar-refractivity contribution is 7.22. The number of anilines is 1. The quantitative estimate of drug-likeness (QED) is 0.853. The van der Waals surface area contributed by atoms with E-state index in [-0.39, 0.29) is 0 Å². The molecule has 0 aromatic carbocycles. The van der Waals surface area contributed by atoms with E-state index in [1.54, 1.807) is 11.3 Å². The van der Waals surface area contributed by atoms with Crippen LogP contribution in [0, 0.1) is 12.8 Å². The van der Waals surface area contributed by atoms with Gasteiger partial charge in [-0.2, -0.15) is 5.10 Å². The molecule has 0 bridgehead atoms. The monoisotopic (exact) mass is 347 g/mol. The molecule has 1 atom stereocenters. The van der Waals surface area contributed by atoms with Crippen molar-refractivity contribution in [3.05, 3.63) is 5.69 Å². The van der Waals surface area contributed by atoms with Crippen LogP contribution in [0.2, 0.25) is 0 Å². The number of hydrogen-bond acceptors (Lipinski definition) is 5. The van der Waals surface area contributed by atoms with Gasteiger partial charge < -0.3 is 9.80 Å². The van der Waals surface area contributed by atoms with E-state index in [2.05, 4.69) is 21.9 Å². The van der Waals surface area contributed by atoms with Gasteiger partial charge in [0.05, 0.1) is 10.4 Å². The summed E-state index contributed by atoms with van der Waals surface area (Å²) in [5.41, 5.74) is 1.99. The zero-order valence-electron chi connectivity index (χ0n) is 14.7. The van der Waals surface area contributed by atoms with Crippen molar-refractivity contribution in [3.63, 3.8) is 0 Å². The maximum absolute atomic E-state index is 12.4. The number of hydrogen-bond donors (Lipinski definition) is 0. The topological polar surface area (TPSA) is 54.3 Å². The lowest BCUT2D eigenvalue weighted by Crippen LogP contribution is -2.35. The van der Waals surface area contributed by atoms with Crippen LogP contribution >= 0.6 is 11.3 Å². The summed E-state index contributed by atoms with van der Waals surface area (Å²) in [6.45, 7) is 3.83. The van der Waals surface area contributed by atoms with Crippen molar-refractivity contribution in [1.82, 2.24) is 19.7 Å². The van der Waals surface area contributed by atoms with Crippen LogP contribution in [-0.4, -0.2) is 51.8 Å². The molecule has 24 heavy (non-hydrogen) atoms. The van der Waals surface area contributed by atoms with E-state index in [9.17, 15) is 4.79 Å². The van der Waals surface area contributed by atoms with Crippen molar-refractivity contribution in [1.29, 1.82) is 0 Å². The number of aromatic nitrogens is 3. The number of likely N-dealkylation sites (tertiary alicyclic amines) is 1. The minimum atomic E-state index is 0.352. The van der Waals surface area contributed by atoms with E-state index in [0.717, 1.165) is 34.3 Å². The average Bonchev–Trinajstić information content (AvgIpc) is 3.27. The Bertz CT molecular complexity index is 726. The highest BCUT2D eigenvalue weighted by Gasteiger charge is 2.36. The minimum Gasteiger partial charge on any atom is -0.351 e. The molecule has 0 radical (unpaired) electrons. The first-order valence-corrected chi connectivity index (χ1v) is 9.65. The Labute approximate surface area is 146 Å². The van der Waals surface area contributed by atoms with Crippen LogP contribution in [-0.2, 0) is 11.8 Å². The molecule has 0 spiro atoms. The van der Waals surface area contributed by atoms with Crippen molar-refractivity contribution in [2.45, 2.75) is 45.1 Å². The van der Waals surface area contributed by atoms with Crippen LogP contribution in [0.4, 0.5) is 5.13 Å². The fourth-order valence-electron chi connectivity index (χ4n) is 4.20. The second kappa shape index (κ2) is 6.02. The third-order valence-electron chi connectivity index (χ3n) is 5.40. The van der Waals surface area contributed by atoms with Crippen LogP contribution in [0.15, 0.2) is 0 Å². The molecule has 0 N–H and O–H groups in total. The zero-order chi connectivity index (χ0) is 16.8. The number of carbonyl (C=O) groups excluding carboxylic acids is 1. The van der Waals surface area contributed by atoms with Gasteiger partial charge in [-0.1, -0.05) is 24.2 Å². The Balaban J connectivity index is 1.44. The van der Waals surface area contributed by atoms with E-state index in [1.165, 1.54) is 25.7 Å². The molecule has 1 saturated heterocycles. The highest BCUT2D eigenvalue weighted by Crippen LogP contribution is 2.33. The Morgan fingerprint density at radius 1 is 1.33 bits per heavy atom. The van der Waals surface area contributed by atoms with E-state index < -0.39 is 0 Å². The van der Waals surface area contributed by atoms with Crippen LogP contribution in [0.1, 0.15) is 37.8 Å². The van der Waals surface area contributed by atoms with Gasteiger partial charge in [-0.25, -0.2) is 9.67 Å². The van der Waals surface area contributed by atoms with E-state index in [4.69, 9.17) is 4.98 Å². The van der Waals surface area contributed by atoms with Crippen LogP contribution in [0.3, 0.4) is 0 Å². The molecular formula is C17H25N5OS. The number of carbonyl (C=O) groups is 1. The molecule has 2 fully saturated rings. The molecule has 0 unspecified atom stereocenters. The van der Waals surface area contributed by atoms with Gasteiger partial charge in [0.25, 0.3) is 0 Å². The van der Waals surface area contributed by atoms with E-state index >= 15 is 0 Å². The number of amides is 1. The number of thiazole rings is 1. The van der Waals surface area contributed by atoms with Gasteiger partial charge in [-0.15, -0.1) is 0 Å². The van der Waals surface area contributed by atoms with Gasteiger partial charge in [0.1, 0.15) is 0 Å². The smallest absolute Gasteiger partial charge is 0.223 e. The maximum Gasteiger partial charge on any atom is 0.223 e. The van der Waals surface area contributed by atoms with Gasteiger partial charge >= 0.3 is 0 Å². The third-order valence-corrected chi connectivity index (χ3v) is 6.66. The summed E-state index contributed by atoms with van der Waals surface area (Å²) in [7, 11) is 4.02. The number of aryl methyl sites for hydroxylation is 2. The molecule has 1 amide bonds. The summed E-state index contributed by atoms with van der Waals surface area (Å²) in [6, 6.07) is 0.504. The molecule has 1 saturated carbocycles. The van der Waals surface area contributed by atoms with Crippen LogP contribution < -0.4 is 4.90 Å². The summed E-state index contributed by atoms with van der Waals surface area (Å²) in [5, 5.41) is 5.43. The summed E-state index contributed by atoms with van der Waals surface area (Å²) in [4.78, 5) is 21.5. The van der Waals surface area contributed by atoms with Crippen LogP contribution in [0.25, 0.3) is 10.3 Å². The molecule has 1 aliphatic heterocycles. The SMILES string of the molecule is Cc1nn(C)c2nc(N(C)C[C@H]3CC(=O)N(C4CCCC4)C3)sc12. The van der Waals surface area contributed by atoms with Gasteiger partial charge in [-0.05, 0) is 19.8 Å². The fraction of sp³-hybridized carbons (Fsp3) is 0.706. The third kappa shape index (κ3) is 2.68. The first-order chi connectivity index (χ1) is 11.5. The van der Waals surface area contributed by atoms with Crippen molar-refractivity contribution < 1.29 is 4.79 Å². The Morgan fingerprint density at radius 2 is 2.08 bits per heavy atom. The van der Waals surface area contributed by atoms with Gasteiger partial charge in [0.15, 0.2) is 10.8 Å². The number of nitrogens with zero attached hydrogens (tertiary/aromatic N) is 5. The van der Waals surface area contributed by atoms with Crippen LogP contribution in [0.5, 0.6) is 0 Å². The highest BCUT2D eigenvalue weighted by atomic mass is 32.1. The van der Waals surface area contributed by atoms with Crippen molar-refractivity contribution >= 4 is 32.7 Å². The standard InChI is InChI=1S/C17H25N5OS/c1-11-15-16(21(3)19-11)18-17(24-15)20(2)9-12-8-14(23)22(10-12)13-6-4-5-7-13/h12-13H,4-10H2,1-3H3/t12-/m1/s1. The molecule has 7 heteroatoms. The summed E-state index contributed by atoms with van der Waals surface area (Å²) >= 11 is 1.70. The lowest BCUT2D eigenvalue weighted by molar-refractivity contribution is -0.129. The molecule has 2 aliphatic rings.